The average Bonchev–Trinajstić information content (AvgIpc) is 3.24. The Balaban J connectivity index is 1.93. The molecular formula is C22H18N4O3. The molecule has 0 radical (unpaired) electrons. The number of carbonyl (C=O) groups is 1. The number of likely N-dealkylation sites (N-methyl/N-ethyl adjacent to an activating group) is 1. The van der Waals surface area contributed by atoms with Gasteiger partial charge < -0.3 is 9.88 Å². The van der Waals surface area contributed by atoms with E-state index in [0.29, 0.717) is 22.3 Å². The number of benzene rings is 2. The van der Waals surface area contributed by atoms with Gasteiger partial charge in [0.1, 0.15) is 5.65 Å². The summed E-state index contributed by atoms with van der Waals surface area (Å²) in [5, 5.41) is 0.328. The van der Waals surface area contributed by atoms with Gasteiger partial charge in [-0.1, -0.05) is 48.5 Å². The van der Waals surface area contributed by atoms with Crippen LogP contribution < -0.4 is 16.1 Å². The zero-order chi connectivity index (χ0) is 20.3. The molecule has 0 saturated heterocycles. The lowest BCUT2D eigenvalue weighted by atomic mass is 9.89. The number of hydrogen-bond acceptors (Lipinski definition) is 3. The maximum atomic E-state index is 13.3. The number of nitrogens with zero attached hydrogens (tertiary/aromatic N) is 2. The molecule has 0 bridgehead atoms. The molecule has 0 saturated carbocycles. The van der Waals surface area contributed by atoms with Gasteiger partial charge in [0.05, 0.1) is 17.0 Å². The van der Waals surface area contributed by atoms with Crippen LogP contribution in [0.1, 0.15) is 17.0 Å². The fraction of sp³-hybridized carbons (Fsp3) is 0.136. The maximum Gasteiger partial charge on any atom is 0.329 e. The molecule has 144 valence electrons. The number of anilines is 1. The first-order valence-electron chi connectivity index (χ1n) is 9.26. The number of aromatic nitrogens is 3. The summed E-state index contributed by atoms with van der Waals surface area (Å²) in [5.41, 5.74) is 3.13. The molecule has 1 amide bonds. The molecule has 2 aromatic carbocycles. The smallest absolute Gasteiger partial charge is 0.329 e. The Labute approximate surface area is 165 Å². The Kier molecular flexibility index (Phi) is 3.61. The first-order chi connectivity index (χ1) is 14.0. The minimum Gasteiger partial charge on any atom is -0.340 e. The molecule has 5 rings (SSSR count). The quantitative estimate of drug-likeness (QED) is 0.554. The highest BCUT2D eigenvalue weighted by Crippen LogP contribution is 2.45. The zero-order valence-electron chi connectivity index (χ0n) is 15.9. The summed E-state index contributed by atoms with van der Waals surface area (Å²) >= 11 is 0. The van der Waals surface area contributed by atoms with Gasteiger partial charge >= 0.3 is 5.69 Å². The molecule has 2 N–H and O–H groups in total. The Bertz CT molecular complexity index is 1400. The molecule has 4 aromatic rings. The summed E-state index contributed by atoms with van der Waals surface area (Å²) in [6.07, 6.45) is 0. The van der Waals surface area contributed by atoms with Gasteiger partial charge in [-0.05, 0) is 17.2 Å². The van der Waals surface area contributed by atoms with Crippen molar-refractivity contribution in [3.05, 3.63) is 86.6 Å². The minimum atomic E-state index is -0.640. The van der Waals surface area contributed by atoms with Gasteiger partial charge in [0.2, 0.25) is 5.91 Å². The van der Waals surface area contributed by atoms with Gasteiger partial charge in [0.15, 0.2) is 0 Å². The Morgan fingerprint density at radius 3 is 2.31 bits per heavy atom. The number of aryl methyl sites for hydroxylation is 1. The number of amides is 1. The van der Waals surface area contributed by atoms with Crippen LogP contribution in [0.3, 0.4) is 0 Å². The molecule has 29 heavy (non-hydrogen) atoms. The minimum absolute atomic E-state index is 0.113. The normalized spacial score (nSPS) is 15.9. The second-order valence-corrected chi connectivity index (χ2v) is 7.21. The van der Waals surface area contributed by atoms with Crippen LogP contribution in [-0.2, 0) is 11.8 Å². The number of fused-ring (bicyclic) bond motifs is 2. The van der Waals surface area contributed by atoms with Crippen molar-refractivity contribution in [3.8, 4) is 11.3 Å². The van der Waals surface area contributed by atoms with E-state index in [9.17, 15) is 14.4 Å². The van der Waals surface area contributed by atoms with Gasteiger partial charge in [-0.2, -0.15) is 0 Å². The summed E-state index contributed by atoms with van der Waals surface area (Å²) < 4.78 is 1.36. The van der Waals surface area contributed by atoms with Crippen LogP contribution in [0.4, 0.5) is 5.69 Å². The number of H-pyrrole nitrogens is 2. The van der Waals surface area contributed by atoms with E-state index in [-0.39, 0.29) is 5.91 Å². The first kappa shape index (κ1) is 17.2. The van der Waals surface area contributed by atoms with Gasteiger partial charge in [-0.15, -0.1) is 0 Å². The summed E-state index contributed by atoms with van der Waals surface area (Å²) in [7, 11) is 3.32. The molecular weight excluding hydrogens is 368 g/mol. The van der Waals surface area contributed by atoms with E-state index in [2.05, 4.69) is 9.97 Å². The molecule has 0 fully saturated rings. The molecule has 7 nitrogen and oxygen atoms in total. The molecule has 1 aliphatic rings. The Hall–Kier alpha value is -3.87. The summed E-state index contributed by atoms with van der Waals surface area (Å²) in [4.78, 5) is 45.5. The largest absolute Gasteiger partial charge is 0.340 e. The van der Waals surface area contributed by atoms with Crippen molar-refractivity contribution in [2.45, 2.75) is 5.92 Å². The van der Waals surface area contributed by atoms with Crippen molar-refractivity contribution in [2.24, 2.45) is 7.05 Å². The zero-order valence-corrected chi connectivity index (χ0v) is 15.9. The second-order valence-electron chi connectivity index (χ2n) is 7.21. The highest BCUT2D eigenvalue weighted by molar-refractivity contribution is 6.10. The first-order valence-corrected chi connectivity index (χ1v) is 9.26. The maximum absolute atomic E-state index is 13.3. The predicted molar refractivity (Wildman–Crippen MR) is 111 cm³/mol. The highest BCUT2D eigenvalue weighted by atomic mass is 16.2. The lowest BCUT2D eigenvalue weighted by Crippen LogP contribution is -2.29. The van der Waals surface area contributed by atoms with Gasteiger partial charge in [-0.3, -0.25) is 19.1 Å². The van der Waals surface area contributed by atoms with Crippen molar-refractivity contribution in [1.82, 2.24) is 14.5 Å². The van der Waals surface area contributed by atoms with Crippen LogP contribution in [-0.4, -0.2) is 27.5 Å². The van der Waals surface area contributed by atoms with Crippen LogP contribution in [0.15, 0.2) is 64.2 Å². The topological polar surface area (TPSA) is 91.0 Å². The highest BCUT2D eigenvalue weighted by Gasteiger charge is 2.40. The van der Waals surface area contributed by atoms with Crippen LogP contribution in [0.2, 0.25) is 0 Å². The standard InChI is InChI=1S/C22H18N4O3/c1-25-14-11-7-6-10-13(14)15(21(25)28)16-17-19(26(2)22(29)24-20(17)27)23-18(16)12-8-4-3-5-9-12/h3-11,15,23H,1-2H3,(H,24,27,29). The Morgan fingerprint density at radius 2 is 1.55 bits per heavy atom. The Morgan fingerprint density at radius 1 is 0.862 bits per heavy atom. The SMILES string of the molecule is CN1C(=O)C(c2c(-c3ccccc3)[nH]c3c2c(=O)[nH]c(=O)n3C)c2ccccc21. The molecule has 0 spiro atoms. The van der Waals surface area contributed by atoms with E-state index in [1.807, 2.05) is 54.6 Å². The lowest BCUT2D eigenvalue weighted by molar-refractivity contribution is -0.118. The average molecular weight is 386 g/mol. The van der Waals surface area contributed by atoms with E-state index in [0.717, 1.165) is 16.8 Å². The van der Waals surface area contributed by atoms with Crippen LogP contribution in [0.5, 0.6) is 0 Å². The number of rotatable bonds is 2. The molecule has 1 unspecified atom stereocenters. The van der Waals surface area contributed by atoms with E-state index in [1.54, 1.807) is 19.0 Å². The molecule has 7 heteroatoms. The fourth-order valence-corrected chi connectivity index (χ4v) is 4.21. The van der Waals surface area contributed by atoms with Gasteiger partial charge in [-0.25, -0.2) is 4.79 Å². The summed E-state index contributed by atoms with van der Waals surface area (Å²) in [6.45, 7) is 0. The number of hydrogen-bond donors (Lipinski definition) is 2. The van der Waals surface area contributed by atoms with Crippen molar-refractivity contribution >= 4 is 22.6 Å². The number of aromatic amines is 2. The second kappa shape index (κ2) is 6.07. The lowest BCUT2D eigenvalue weighted by Gasteiger charge is -2.13. The van der Waals surface area contributed by atoms with Crippen LogP contribution in [0.25, 0.3) is 22.3 Å². The number of nitrogens with one attached hydrogen (secondary N) is 2. The van der Waals surface area contributed by atoms with E-state index in [4.69, 9.17) is 0 Å². The van der Waals surface area contributed by atoms with E-state index >= 15 is 0 Å². The van der Waals surface area contributed by atoms with E-state index < -0.39 is 17.2 Å². The van der Waals surface area contributed by atoms with Crippen molar-refractivity contribution < 1.29 is 4.79 Å². The van der Waals surface area contributed by atoms with Crippen molar-refractivity contribution in [1.29, 1.82) is 0 Å². The summed E-state index contributed by atoms with van der Waals surface area (Å²) in [6, 6.07) is 17.1. The molecule has 1 atom stereocenters. The van der Waals surface area contributed by atoms with Crippen molar-refractivity contribution in [2.75, 3.05) is 11.9 Å². The third-order valence-corrected chi connectivity index (χ3v) is 5.64. The third kappa shape index (κ3) is 2.34. The summed E-state index contributed by atoms with van der Waals surface area (Å²) in [5.74, 6) is -0.753. The fourth-order valence-electron chi connectivity index (χ4n) is 4.21. The van der Waals surface area contributed by atoms with Crippen LogP contribution in [0, 0.1) is 0 Å². The van der Waals surface area contributed by atoms with Crippen LogP contribution >= 0.6 is 0 Å². The third-order valence-electron chi connectivity index (χ3n) is 5.64. The number of carbonyl (C=O) groups excluding carboxylic acids is 1. The van der Waals surface area contributed by atoms with E-state index in [1.165, 1.54) is 4.57 Å². The van der Waals surface area contributed by atoms with Gasteiger partial charge in [0.25, 0.3) is 5.56 Å². The molecule has 1 aliphatic heterocycles. The number of para-hydroxylation sites is 1. The predicted octanol–water partition coefficient (Wildman–Crippen LogP) is 2.33. The van der Waals surface area contributed by atoms with Gasteiger partial charge in [0, 0.05) is 25.3 Å². The molecule has 0 aliphatic carbocycles. The molecule has 2 aromatic heterocycles. The van der Waals surface area contributed by atoms with Crippen molar-refractivity contribution in [3.63, 3.8) is 0 Å². The monoisotopic (exact) mass is 386 g/mol. The molecule has 3 heterocycles.